The summed E-state index contributed by atoms with van der Waals surface area (Å²) >= 11 is 0. The zero-order chi connectivity index (χ0) is 13.3. The highest BCUT2D eigenvalue weighted by atomic mass is 32.2. The first-order chi connectivity index (χ1) is 8.37. The zero-order valence-corrected chi connectivity index (χ0v) is 12.0. The van der Waals surface area contributed by atoms with Crippen molar-refractivity contribution < 1.29 is 8.42 Å². The van der Waals surface area contributed by atoms with Gasteiger partial charge in [-0.15, -0.1) is 0 Å². The van der Waals surface area contributed by atoms with Crippen molar-refractivity contribution in [2.24, 2.45) is 0 Å². The molecule has 3 nitrogen and oxygen atoms in total. The lowest BCUT2D eigenvalue weighted by atomic mass is 10.0. The largest absolute Gasteiger partial charge is 0.306 e. The third kappa shape index (κ3) is 3.12. The molecule has 1 saturated heterocycles. The lowest BCUT2D eigenvalue weighted by Gasteiger charge is -2.19. The number of sulfone groups is 1. The van der Waals surface area contributed by atoms with Crippen LogP contribution in [0.5, 0.6) is 0 Å². The van der Waals surface area contributed by atoms with Gasteiger partial charge in [0.25, 0.3) is 0 Å². The predicted octanol–water partition coefficient (Wildman–Crippen LogP) is 2.14. The maximum atomic E-state index is 11.4. The van der Waals surface area contributed by atoms with E-state index in [2.05, 4.69) is 44.3 Å². The van der Waals surface area contributed by atoms with Crippen molar-refractivity contribution in [1.82, 2.24) is 5.32 Å². The van der Waals surface area contributed by atoms with Gasteiger partial charge >= 0.3 is 0 Å². The summed E-state index contributed by atoms with van der Waals surface area (Å²) in [5, 5.41) is 3.42. The highest BCUT2D eigenvalue weighted by Crippen LogP contribution is 2.20. The summed E-state index contributed by atoms with van der Waals surface area (Å²) in [5.74, 6) is 0.604. The van der Waals surface area contributed by atoms with E-state index in [0.29, 0.717) is 5.75 Å². The third-order valence-corrected chi connectivity index (χ3v) is 5.52. The van der Waals surface area contributed by atoms with E-state index in [1.807, 2.05) is 0 Å². The van der Waals surface area contributed by atoms with E-state index in [1.165, 1.54) is 16.7 Å². The Hall–Kier alpha value is -0.870. The first-order valence-corrected chi connectivity index (χ1v) is 8.23. The predicted molar refractivity (Wildman–Crippen MR) is 74.5 cm³/mol. The monoisotopic (exact) mass is 267 g/mol. The SMILES string of the molecule is Cc1ccc(C(C)NC2CCS(=O)(=O)C2)cc1C. The minimum atomic E-state index is -2.80. The van der Waals surface area contributed by atoms with Crippen molar-refractivity contribution in [3.05, 3.63) is 34.9 Å². The molecule has 0 bridgehead atoms. The fourth-order valence-corrected chi connectivity index (χ4v) is 4.10. The summed E-state index contributed by atoms with van der Waals surface area (Å²) in [6, 6.07) is 6.71. The Labute approximate surface area is 110 Å². The van der Waals surface area contributed by atoms with Crippen LogP contribution in [-0.2, 0) is 9.84 Å². The number of nitrogens with one attached hydrogen (secondary N) is 1. The summed E-state index contributed by atoms with van der Waals surface area (Å²) in [5.41, 5.74) is 3.79. The first kappa shape index (κ1) is 13.6. The Morgan fingerprint density at radius 2 is 2.00 bits per heavy atom. The molecule has 1 aromatic carbocycles. The van der Waals surface area contributed by atoms with E-state index >= 15 is 0 Å². The van der Waals surface area contributed by atoms with Crippen LogP contribution in [0.25, 0.3) is 0 Å². The van der Waals surface area contributed by atoms with Crippen LogP contribution in [0, 0.1) is 13.8 Å². The molecule has 100 valence electrons. The van der Waals surface area contributed by atoms with Crippen molar-refractivity contribution in [3.8, 4) is 0 Å². The standard InChI is InChI=1S/C14H21NO2S/c1-10-4-5-13(8-11(10)2)12(3)15-14-6-7-18(16,17)9-14/h4-5,8,12,14-15H,6-7,9H2,1-3H3. The molecule has 2 unspecified atom stereocenters. The topological polar surface area (TPSA) is 46.2 Å². The fourth-order valence-electron chi connectivity index (χ4n) is 2.41. The summed E-state index contributed by atoms with van der Waals surface area (Å²) in [4.78, 5) is 0. The van der Waals surface area contributed by atoms with E-state index in [4.69, 9.17) is 0 Å². The number of hydrogen-bond donors (Lipinski definition) is 1. The van der Waals surface area contributed by atoms with Crippen molar-refractivity contribution in [1.29, 1.82) is 0 Å². The lowest BCUT2D eigenvalue weighted by Crippen LogP contribution is -2.32. The van der Waals surface area contributed by atoms with E-state index in [1.54, 1.807) is 0 Å². The van der Waals surface area contributed by atoms with Crippen LogP contribution in [0.3, 0.4) is 0 Å². The van der Waals surface area contributed by atoms with Gasteiger partial charge in [-0.25, -0.2) is 8.42 Å². The molecule has 0 aromatic heterocycles. The van der Waals surface area contributed by atoms with Crippen molar-refractivity contribution >= 4 is 9.84 Å². The lowest BCUT2D eigenvalue weighted by molar-refractivity contribution is 0.484. The molecule has 1 aliphatic heterocycles. The number of rotatable bonds is 3. The second-order valence-corrected chi connectivity index (χ2v) is 7.56. The van der Waals surface area contributed by atoms with Crippen LogP contribution in [0.2, 0.25) is 0 Å². The van der Waals surface area contributed by atoms with Gasteiger partial charge < -0.3 is 5.32 Å². The Kier molecular flexibility index (Phi) is 3.78. The number of benzene rings is 1. The smallest absolute Gasteiger partial charge is 0.151 e. The van der Waals surface area contributed by atoms with E-state index in [0.717, 1.165) is 6.42 Å². The summed E-state index contributed by atoms with van der Waals surface area (Å²) in [6.45, 7) is 6.29. The van der Waals surface area contributed by atoms with E-state index < -0.39 is 9.84 Å². The van der Waals surface area contributed by atoms with Crippen LogP contribution >= 0.6 is 0 Å². The molecule has 0 aliphatic carbocycles. The van der Waals surface area contributed by atoms with Gasteiger partial charge in [0.05, 0.1) is 11.5 Å². The molecule has 1 N–H and O–H groups in total. The van der Waals surface area contributed by atoms with Gasteiger partial charge in [0.2, 0.25) is 0 Å². The Balaban J connectivity index is 2.04. The molecule has 0 spiro atoms. The average Bonchev–Trinajstić information content (AvgIpc) is 2.62. The minimum absolute atomic E-state index is 0.103. The summed E-state index contributed by atoms with van der Waals surface area (Å²) in [7, 11) is -2.80. The first-order valence-electron chi connectivity index (χ1n) is 6.41. The van der Waals surface area contributed by atoms with Crippen LogP contribution in [0.4, 0.5) is 0 Å². The van der Waals surface area contributed by atoms with E-state index in [-0.39, 0.29) is 17.8 Å². The molecule has 2 rings (SSSR count). The van der Waals surface area contributed by atoms with Crippen LogP contribution in [0.15, 0.2) is 18.2 Å². The maximum absolute atomic E-state index is 11.4. The van der Waals surface area contributed by atoms with Gasteiger partial charge in [-0.3, -0.25) is 0 Å². The van der Waals surface area contributed by atoms with Gasteiger partial charge in [-0.05, 0) is 43.9 Å². The van der Waals surface area contributed by atoms with Crippen molar-refractivity contribution in [2.75, 3.05) is 11.5 Å². The van der Waals surface area contributed by atoms with Gasteiger partial charge in [0.1, 0.15) is 0 Å². The van der Waals surface area contributed by atoms with Gasteiger partial charge in [0.15, 0.2) is 9.84 Å². The molecule has 0 radical (unpaired) electrons. The van der Waals surface area contributed by atoms with Crippen molar-refractivity contribution in [2.45, 2.75) is 39.3 Å². The molecule has 0 saturated carbocycles. The zero-order valence-electron chi connectivity index (χ0n) is 11.2. The molecular weight excluding hydrogens is 246 g/mol. The molecular formula is C14H21NO2S. The average molecular weight is 267 g/mol. The molecule has 1 aromatic rings. The van der Waals surface area contributed by atoms with Crippen molar-refractivity contribution in [3.63, 3.8) is 0 Å². The Bertz CT molecular complexity index is 537. The fraction of sp³-hybridized carbons (Fsp3) is 0.571. The van der Waals surface area contributed by atoms with Crippen LogP contribution < -0.4 is 5.32 Å². The Morgan fingerprint density at radius 3 is 2.56 bits per heavy atom. The molecule has 2 atom stereocenters. The van der Waals surface area contributed by atoms with Gasteiger partial charge in [-0.1, -0.05) is 18.2 Å². The molecule has 1 aliphatic rings. The molecule has 0 amide bonds. The summed E-state index contributed by atoms with van der Waals surface area (Å²) in [6.07, 6.45) is 0.734. The highest BCUT2D eigenvalue weighted by molar-refractivity contribution is 7.91. The quantitative estimate of drug-likeness (QED) is 0.912. The molecule has 1 fully saturated rings. The third-order valence-electron chi connectivity index (χ3n) is 3.75. The van der Waals surface area contributed by atoms with Gasteiger partial charge in [-0.2, -0.15) is 0 Å². The number of hydrogen-bond acceptors (Lipinski definition) is 3. The number of aryl methyl sites for hydroxylation is 2. The van der Waals surface area contributed by atoms with Gasteiger partial charge in [0, 0.05) is 12.1 Å². The normalized spacial score (nSPS) is 24.1. The molecule has 1 heterocycles. The maximum Gasteiger partial charge on any atom is 0.151 e. The highest BCUT2D eigenvalue weighted by Gasteiger charge is 2.28. The van der Waals surface area contributed by atoms with Crippen LogP contribution in [0.1, 0.15) is 36.1 Å². The van der Waals surface area contributed by atoms with Crippen LogP contribution in [-0.4, -0.2) is 26.0 Å². The van der Waals surface area contributed by atoms with E-state index in [9.17, 15) is 8.42 Å². The second-order valence-electron chi connectivity index (χ2n) is 5.33. The molecule has 4 heteroatoms. The second kappa shape index (κ2) is 5.02. The summed E-state index contributed by atoms with van der Waals surface area (Å²) < 4.78 is 22.8. The minimum Gasteiger partial charge on any atom is -0.306 e. The Morgan fingerprint density at radius 1 is 1.28 bits per heavy atom. The molecule has 18 heavy (non-hydrogen) atoms.